The van der Waals surface area contributed by atoms with Gasteiger partial charge in [-0.25, -0.2) is 0 Å². The summed E-state index contributed by atoms with van der Waals surface area (Å²) in [6.07, 6.45) is 3.32. The molecule has 1 nitrogen and oxygen atoms in total. The van der Waals surface area contributed by atoms with Crippen LogP contribution in [0.2, 0.25) is 0 Å². The molecule has 1 saturated carbocycles. The summed E-state index contributed by atoms with van der Waals surface area (Å²) in [6, 6.07) is 6.26. The minimum Gasteiger partial charge on any atom is -0.294 e. The predicted molar refractivity (Wildman–Crippen MR) is 69.2 cm³/mol. The molecule has 16 heavy (non-hydrogen) atoms. The van der Waals surface area contributed by atoms with Crippen LogP contribution in [0.4, 0.5) is 0 Å². The van der Waals surface area contributed by atoms with Crippen molar-refractivity contribution in [2.75, 3.05) is 5.75 Å². The molecule has 0 N–H and O–H groups in total. The van der Waals surface area contributed by atoms with Crippen LogP contribution in [0.25, 0.3) is 0 Å². The molecule has 0 spiro atoms. The summed E-state index contributed by atoms with van der Waals surface area (Å²) in [7, 11) is 0. The summed E-state index contributed by atoms with van der Waals surface area (Å²) in [5.74, 6) is 1.78. The Morgan fingerprint density at radius 3 is 2.81 bits per heavy atom. The molecule has 0 aromatic heterocycles. The van der Waals surface area contributed by atoms with E-state index < -0.39 is 0 Å². The topological polar surface area (TPSA) is 17.1 Å². The van der Waals surface area contributed by atoms with Gasteiger partial charge in [0.25, 0.3) is 0 Å². The number of Topliss-reactive ketones (excluding diaryl/α,β-unsaturated/α-hetero) is 1. The smallest absolute Gasteiger partial charge is 0.167 e. The van der Waals surface area contributed by atoms with Gasteiger partial charge in [-0.1, -0.05) is 18.6 Å². The Morgan fingerprint density at radius 2 is 2.19 bits per heavy atom. The molecule has 0 heterocycles. The van der Waals surface area contributed by atoms with Gasteiger partial charge in [0.2, 0.25) is 0 Å². The number of carbonyl (C=O) groups is 1. The van der Waals surface area contributed by atoms with Crippen molar-refractivity contribution in [3.05, 3.63) is 29.3 Å². The Labute approximate surface area is 102 Å². The van der Waals surface area contributed by atoms with Gasteiger partial charge in [0.15, 0.2) is 5.78 Å². The third-order valence-corrected chi connectivity index (χ3v) is 4.09. The van der Waals surface area contributed by atoms with Crippen LogP contribution in [0.5, 0.6) is 0 Å². The molecular weight excluding hydrogens is 216 g/mol. The molecule has 1 aromatic carbocycles. The molecule has 86 valence electrons. The Balaban J connectivity index is 2.24. The van der Waals surface area contributed by atoms with Crippen molar-refractivity contribution in [3.8, 4) is 0 Å². The Bertz CT molecular complexity index is 394. The van der Waals surface area contributed by atoms with Gasteiger partial charge in [-0.05, 0) is 44.1 Å². The molecular formula is C14H18OS. The van der Waals surface area contributed by atoms with E-state index in [0.717, 1.165) is 30.6 Å². The van der Waals surface area contributed by atoms with Crippen LogP contribution >= 0.6 is 11.8 Å². The van der Waals surface area contributed by atoms with Crippen LogP contribution in [0.3, 0.4) is 0 Å². The van der Waals surface area contributed by atoms with Crippen LogP contribution in [0.1, 0.15) is 42.1 Å². The first-order chi connectivity index (χ1) is 7.72. The first-order valence-corrected chi connectivity index (χ1v) is 6.98. The highest BCUT2D eigenvalue weighted by atomic mass is 32.2. The fourth-order valence-corrected chi connectivity index (χ4v) is 2.64. The number of aryl methyl sites for hydroxylation is 1. The van der Waals surface area contributed by atoms with Crippen molar-refractivity contribution in [1.82, 2.24) is 0 Å². The number of hydrogen-bond donors (Lipinski definition) is 0. The van der Waals surface area contributed by atoms with E-state index in [1.165, 1.54) is 10.5 Å². The van der Waals surface area contributed by atoms with Gasteiger partial charge in [0, 0.05) is 16.4 Å². The maximum Gasteiger partial charge on any atom is 0.167 e. The molecule has 2 heteroatoms. The summed E-state index contributed by atoms with van der Waals surface area (Å²) >= 11 is 1.81. The van der Waals surface area contributed by atoms with E-state index in [9.17, 15) is 4.79 Å². The average Bonchev–Trinajstić information content (AvgIpc) is 3.10. The van der Waals surface area contributed by atoms with Gasteiger partial charge in [0.1, 0.15) is 0 Å². The lowest BCUT2D eigenvalue weighted by Gasteiger charge is -2.08. The monoisotopic (exact) mass is 234 g/mol. The van der Waals surface area contributed by atoms with Crippen molar-refractivity contribution >= 4 is 17.5 Å². The Morgan fingerprint density at radius 1 is 1.44 bits per heavy atom. The van der Waals surface area contributed by atoms with Crippen LogP contribution in [-0.4, -0.2) is 11.5 Å². The fraction of sp³-hybridized carbons (Fsp3) is 0.500. The van der Waals surface area contributed by atoms with Crippen molar-refractivity contribution in [2.45, 2.75) is 38.0 Å². The Hall–Kier alpha value is -0.760. The summed E-state index contributed by atoms with van der Waals surface area (Å²) in [6.45, 7) is 4.22. The van der Waals surface area contributed by atoms with Gasteiger partial charge < -0.3 is 0 Å². The van der Waals surface area contributed by atoms with Crippen molar-refractivity contribution in [1.29, 1.82) is 0 Å². The third kappa shape index (κ3) is 2.67. The first kappa shape index (κ1) is 11.7. The van der Waals surface area contributed by atoms with Crippen LogP contribution in [0, 0.1) is 12.8 Å². The highest BCUT2D eigenvalue weighted by Gasteiger charge is 2.31. The van der Waals surface area contributed by atoms with E-state index in [0.29, 0.717) is 11.7 Å². The largest absolute Gasteiger partial charge is 0.294 e. The lowest BCUT2D eigenvalue weighted by Crippen LogP contribution is -2.03. The maximum absolute atomic E-state index is 12.1. The second-order valence-corrected chi connectivity index (χ2v) is 5.62. The second-order valence-electron chi connectivity index (χ2n) is 4.49. The fourth-order valence-electron chi connectivity index (χ4n) is 1.74. The van der Waals surface area contributed by atoms with Gasteiger partial charge in [-0.15, -0.1) is 11.8 Å². The molecule has 0 amide bonds. The van der Waals surface area contributed by atoms with Crippen molar-refractivity contribution < 1.29 is 4.79 Å². The highest BCUT2D eigenvalue weighted by Crippen LogP contribution is 2.36. The summed E-state index contributed by atoms with van der Waals surface area (Å²) < 4.78 is 0. The van der Waals surface area contributed by atoms with E-state index in [1.807, 2.05) is 11.8 Å². The number of rotatable bonds is 5. The van der Waals surface area contributed by atoms with Crippen LogP contribution in [-0.2, 0) is 0 Å². The molecule has 0 bridgehead atoms. The van der Waals surface area contributed by atoms with Gasteiger partial charge in [-0.2, -0.15) is 0 Å². The van der Waals surface area contributed by atoms with E-state index in [4.69, 9.17) is 0 Å². The van der Waals surface area contributed by atoms with E-state index >= 15 is 0 Å². The Kier molecular flexibility index (Phi) is 3.70. The molecule has 1 fully saturated rings. The molecule has 0 saturated heterocycles. The van der Waals surface area contributed by atoms with Crippen molar-refractivity contribution in [2.24, 2.45) is 5.92 Å². The van der Waals surface area contributed by atoms with Crippen molar-refractivity contribution in [3.63, 3.8) is 0 Å². The van der Waals surface area contributed by atoms with Crippen LogP contribution < -0.4 is 0 Å². The number of hydrogen-bond acceptors (Lipinski definition) is 2. The molecule has 1 aromatic rings. The van der Waals surface area contributed by atoms with Crippen LogP contribution in [0.15, 0.2) is 23.1 Å². The van der Waals surface area contributed by atoms with E-state index in [2.05, 4.69) is 32.0 Å². The molecule has 0 atom stereocenters. The SMILES string of the molecule is CCCSc1ccc(C)cc1C(=O)C1CC1. The summed E-state index contributed by atoms with van der Waals surface area (Å²) in [4.78, 5) is 13.3. The lowest BCUT2D eigenvalue weighted by molar-refractivity contribution is 0.0964. The molecule has 1 aliphatic carbocycles. The number of carbonyl (C=O) groups excluding carboxylic acids is 1. The first-order valence-electron chi connectivity index (χ1n) is 6.00. The number of ketones is 1. The normalized spacial score (nSPS) is 15.1. The summed E-state index contributed by atoms with van der Waals surface area (Å²) in [5.41, 5.74) is 2.14. The third-order valence-electron chi connectivity index (χ3n) is 2.81. The maximum atomic E-state index is 12.1. The zero-order chi connectivity index (χ0) is 11.5. The van der Waals surface area contributed by atoms with Gasteiger partial charge in [-0.3, -0.25) is 4.79 Å². The molecule has 0 unspecified atom stereocenters. The lowest BCUT2D eigenvalue weighted by atomic mass is 10.0. The number of thioether (sulfide) groups is 1. The molecule has 2 rings (SSSR count). The van der Waals surface area contributed by atoms with E-state index in [1.54, 1.807) is 0 Å². The van der Waals surface area contributed by atoms with E-state index in [-0.39, 0.29) is 0 Å². The average molecular weight is 234 g/mol. The molecule has 1 aliphatic rings. The minimum atomic E-state index is 0.322. The summed E-state index contributed by atoms with van der Waals surface area (Å²) in [5, 5.41) is 0. The standard InChI is InChI=1S/C14H18OS/c1-3-8-16-13-7-4-10(2)9-12(13)14(15)11-5-6-11/h4,7,9,11H,3,5-6,8H2,1-2H3. The zero-order valence-electron chi connectivity index (χ0n) is 9.95. The second kappa shape index (κ2) is 5.05. The van der Waals surface area contributed by atoms with Gasteiger partial charge in [0.05, 0.1) is 0 Å². The minimum absolute atomic E-state index is 0.322. The van der Waals surface area contributed by atoms with Gasteiger partial charge >= 0.3 is 0 Å². The zero-order valence-corrected chi connectivity index (χ0v) is 10.8. The quantitative estimate of drug-likeness (QED) is 0.564. The molecule has 0 aliphatic heterocycles. The highest BCUT2D eigenvalue weighted by molar-refractivity contribution is 7.99. The predicted octanol–water partition coefficient (Wildman–Crippen LogP) is 4.09. The molecule has 0 radical (unpaired) electrons. The number of benzene rings is 1.